The molecule has 0 unspecified atom stereocenters. The van der Waals surface area contributed by atoms with Crippen molar-refractivity contribution in [2.75, 3.05) is 24.8 Å². The molecular formula is C13H15FN4O. The lowest BCUT2D eigenvalue weighted by Gasteiger charge is -2.09. The van der Waals surface area contributed by atoms with Crippen molar-refractivity contribution < 1.29 is 9.13 Å². The standard InChI is InChI=1S/C13H15FN4O/c1-15-11-7-12(18-13(17-11)8-19-2)16-10-5-3-4-9(14)6-10/h3-7H,8H2,1-2H3,(H2,15,16,17,18). The predicted molar refractivity (Wildman–Crippen MR) is 72.0 cm³/mol. The maximum atomic E-state index is 13.1. The van der Waals surface area contributed by atoms with Crippen molar-refractivity contribution in [3.8, 4) is 0 Å². The number of aromatic nitrogens is 2. The first-order chi connectivity index (χ1) is 9.21. The predicted octanol–water partition coefficient (Wildman–Crippen LogP) is 2.55. The molecule has 0 fully saturated rings. The van der Waals surface area contributed by atoms with Crippen molar-refractivity contribution >= 4 is 17.3 Å². The second-order valence-corrected chi connectivity index (χ2v) is 3.87. The summed E-state index contributed by atoms with van der Waals surface area (Å²) in [6, 6.07) is 7.93. The molecule has 1 aromatic heterocycles. The number of rotatable bonds is 5. The van der Waals surface area contributed by atoms with Gasteiger partial charge in [-0.05, 0) is 18.2 Å². The minimum Gasteiger partial charge on any atom is -0.377 e. The zero-order valence-corrected chi connectivity index (χ0v) is 10.8. The van der Waals surface area contributed by atoms with Crippen molar-refractivity contribution in [2.24, 2.45) is 0 Å². The van der Waals surface area contributed by atoms with Crippen LogP contribution in [0.3, 0.4) is 0 Å². The number of nitrogens with zero attached hydrogens (tertiary/aromatic N) is 2. The van der Waals surface area contributed by atoms with Gasteiger partial charge in [-0.1, -0.05) is 6.07 Å². The highest BCUT2D eigenvalue weighted by Gasteiger charge is 2.04. The van der Waals surface area contributed by atoms with Gasteiger partial charge in [0.1, 0.15) is 24.1 Å². The number of hydrogen-bond donors (Lipinski definition) is 2. The quantitative estimate of drug-likeness (QED) is 0.867. The molecule has 0 radical (unpaired) electrons. The molecule has 0 spiro atoms. The number of nitrogens with one attached hydrogen (secondary N) is 2. The van der Waals surface area contributed by atoms with Gasteiger partial charge in [-0.15, -0.1) is 0 Å². The summed E-state index contributed by atoms with van der Waals surface area (Å²) in [7, 11) is 3.35. The average Bonchev–Trinajstić information content (AvgIpc) is 2.39. The molecule has 2 aromatic rings. The van der Waals surface area contributed by atoms with Crippen LogP contribution in [-0.2, 0) is 11.3 Å². The summed E-state index contributed by atoms with van der Waals surface area (Å²) in [5.74, 6) is 1.50. The smallest absolute Gasteiger partial charge is 0.158 e. The summed E-state index contributed by atoms with van der Waals surface area (Å²) < 4.78 is 18.1. The van der Waals surface area contributed by atoms with Crippen LogP contribution in [0, 0.1) is 5.82 Å². The van der Waals surface area contributed by atoms with E-state index in [2.05, 4.69) is 20.6 Å². The zero-order valence-electron chi connectivity index (χ0n) is 10.8. The Kier molecular flexibility index (Phi) is 4.25. The highest BCUT2D eigenvalue weighted by atomic mass is 19.1. The molecular weight excluding hydrogens is 247 g/mol. The molecule has 2 rings (SSSR count). The van der Waals surface area contributed by atoms with Gasteiger partial charge in [-0.3, -0.25) is 0 Å². The Labute approximate surface area is 110 Å². The molecule has 0 amide bonds. The van der Waals surface area contributed by atoms with E-state index in [-0.39, 0.29) is 5.82 Å². The van der Waals surface area contributed by atoms with E-state index in [9.17, 15) is 4.39 Å². The largest absolute Gasteiger partial charge is 0.377 e. The number of benzene rings is 1. The third-order valence-electron chi connectivity index (χ3n) is 2.40. The molecule has 0 bridgehead atoms. The molecule has 0 aliphatic rings. The number of ether oxygens (including phenoxy) is 1. The van der Waals surface area contributed by atoms with Gasteiger partial charge < -0.3 is 15.4 Å². The fraction of sp³-hybridized carbons (Fsp3) is 0.231. The molecule has 2 N–H and O–H groups in total. The Morgan fingerprint density at radius 2 is 2.00 bits per heavy atom. The second-order valence-electron chi connectivity index (χ2n) is 3.87. The Hall–Kier alpha value is -2.21. The first-order valence-electron chi connectivity index (χ1n) is 5.78. The van der Waals surface area contributed by atoms with Crippen molar-refractivity contribution in [1.29, 1.82) is 0 Å². The fourth-order valence-corrected chi connectivity index (χ4v) is 1.60. The second kappa shape index (κ2) is 6.10. The van der Waals surface area contributed by atoms with Crippen LogP contribution in [-0.4, -0.2) is 24.1 Å². The normalized spacial score (nSPS) is 10.3. The van der Waals surface area contributed by atoms with Crippen molar-refractivity contribution in [3.63, 3.8) is 0 Å². The molecule has 0 saturated heterocycles. The molecule has 19 heavy (non-hydrogen) atoms. The third-order valence-corrected chi connectivity index (χ3v) is 2.40. The summed E-state index contributed by atoms with van der Waals surface area (Å²) in [6.07, 6.45) is 0. The van der Waals surface area contributed by atoms with Crippen LogP contribution >= 0.6 is 0 Å². The lowest BCUT2D eigenvalue weighted by atomic mass is 10.3. The Bertz CT molecular complexity index is 562. The van der Waals surface area contributed by atoms with E-state index in [1.165, 1.54) is 12.1 Å². The molecule has 5 nitrogen and oxygen atoms in total. The maximum Gasteiger partial charge on any atom is 0.158 e. The fourth-order valence-electron chi connectivity index (χ4n) is 1.60. The van der Waals surface area contributed by atoms with Gasteiger partial charge in [0, 0.05) is 25.9 Å². The van der Waals surface area contributed by atoms with Gasteiger partial charge in [-0.25, -0.2) is 14.4 Å². The van der Waals surface area contributed by atoms with Crippen molar-refractivity contribution in [1.82, 2.24) is 9.97 Å². The van der Waals surface area contributed by atoms with Crippen LogP contribution in [0.1, 0.15) is 5.82 Å². The number of methoxy groups -OCH3 is 1. The van der Waals surface area contributed by atoms with Crippen LogP contribution in [0.4, 0.5) is 21.7 Å². The summed E-state index contributed by atoms with van der Waals surface area (Å²) >= 11 is 0. The van der Waals surface area contributed by atoms with E-state index in [1.54, 1.807) is 32.4 Å². The third kappa shape index (κ3) is 3.62. The van der Waals surface area contributed by atoms with Crippen molar-refractivity contribution in [3.05, 3.63) is 42.0 Å². The van der Waals surface area contributed by atoms with Crippen LogP contribution in [0.2, 0.25) is 0 Å². The Balaban J connectivity index is 2.26. The minimum absolute atomic E-state index is 0.301. The Morgan fingerprint density at radius 3 is 2.68 bits per heavy atom. The molecule has 0 saturated carbocycles. The van der Waals surface area contributed by atoms with Crippen LogP contribution in [0.15, 0.2) is 30.3 Å². The highest BCUT2D eigenvalue weighted by molar-refractivity contribution is 5.59. The van der Waals surface area contributed by atoms with E-state index in [1.807, 2.05) is 0 Å². The van der Waals surface area contributed by atoms with E-state index in [0.717, 1.165) is 0 Å². The molecule has 1 heterocycles. The SMILES string of the molecule is CNc1cc(Nc2cccc(F)c2)nc(COC)n1. The van der Waals surface area contributed by atoms with Crippen LogP contribution in [0.25, 0.3) is 0 Å². The summed E-state index contributed by atoms with van der Waals surface area (Å²) in [4.78, 5) is 8.53. The number of hydrogen-bond acceptors (Lipinski definition) is 5. The first-order valence-corrected chi connectivity index (χ1v) is 5.78. The number of halogens is 1. The zero-order chi connectivity index (χ0) is 13.7. The lowest BCUT2D eigenvalue weighted by molar-refractivity contribution is 0.178. The maximum absolute atomic E-state index is 13.1. The van der Waals surface area contributed by atoms with Crippen molar-refractivity contribution in [2.45, 2.75) is 6.61 Å². The molecule has 0 atom stereocenters. The van der Waals surface area contributed by atoms with Gasteiger partial charge in [-0.2, -0.15) is 0 Å². The molecule has 1 aromatic carbocycles. The van der Waals surface area contributed by atoms with Gasteiger partial charge in [0.2, 0.25) is 0 Å². The van der Waals surface area contributed by atoms with Gasteiger partial charge in [0.25, 0.3) is 0 Å². The number of anilines is 3. The molecule has 0 aliphatic heterocycles. The lowest BCUT2D eigenvalue weighted by Crippen LogP contribution is -2.04. The van der Waals surface area contributed by atoms with Crippen LogP contribution in [0.5, 0.6) is 0 Å². The highest BCUT2D eigenvalue weighted by Crippen LogP contribution is 2.18. The van der Waals surface area contributed by atoms with E-state index < -0.39 is 0 Å². The van der Waals surface area contributed by atoms with Gasteiger partial charge in [0.05, 0.1) is 0 Å². The van der Waals surface area contributed by atoms with E-state index >= 15 is 0 Å². The summed E-state index contributed by atoms with van der Waals surface area (Å²) in [5.41, 5.74) is 0.629. The van der Waals surface area contributed by atoms with E-state index in [0.29, 0.717) is 29.8 Å². The van der Waals surface area contributed by atoms with Gasteiger partial charge >= 0.3 is 0 Å². The summed E-state index contributed by atoms with van der Waals surface area (Å²) in [6.45, 7) is 0.313. The van der Waals surface area contributed by atoms with Gasteiger partial charge in [0.15, 0.2) is 5.82 Å². The summed E-state index contributed by atoms with van der Waals surface area (Å²) in [5, 5.41) is 5.97. The average molecular weight is 262 g/mol. The topological polar surface area (TPSA) is 59.1 Å². The first kappa shape index (κ1) is 13.2. The van der Waals surface area contributed by atoms with E-state index in [4.69, 9.17) is 4.74 Å². The Morgan fingerprint density at radius 1 is 1.21 bits per heavy atom. The molecule has 0 aliphatic carbocycles. The monoisotopic (exact) mass is 262 g/mol. The minimum atomic E-state index is -0.301. The van der Waals surface area contributed by atoms with Crippen LogP contribution < -0.4 is 10.6 Å². The molecule has 6 heteroatoms. The molecule has 100 valence electrons.